The highest BCUT2D eigenvalue weighted by Crippen LogP contribution is 2.15. The molecule has 1 aromatic rings. The van der Waals surface area contributed by atoms with Crippen molar-refractivity contribution in [2.24, 2.45) is 0 Å². The highest BCUT2D eigenvalue weighted by atomic mass is 19.4. The molecule has 3 N–H and O–H groups in total. The van der Waals surface area contributed by atoms with Crippen LogP contribution < -0.4 is 16.5 Å². The highest BCUT2D eigenvalue weighted by molar-refractivity contribution is 6.73. The third-order valence-corrected chi connectivity index (χ3v) is 3.03. The lowest BCUT2D eigenvalue weighted by Crippen LogP contribution is -2.43. The van der Waals surface area contributed by atoms with Crippen LogP contribution >= 0.6 is 0 Å². The van der Waals surface area contributed by atoms with Crippen molar-refractivity contribution in [2.45, 2.75) is 6.54 Å². The molecule has 0 unspecified atom stereocenters. The minimum Gasteiger partial charge on any atom is -0.445 e. The van der Waals surface area contributed by atoms with Gasteiger partial charge in [0.15, 0.2) is 0 Å². The number of piperazine rings is 1. The first-order valence-corrected chi connectivity index (χ1v) is 5.97. The lowest BCUT2D eigenvalue weighted by atomic mass is 9.79. The molecule has 0 amide bonds. The third kappa shape index (κ3) is 3.40. The Morgan fingerprint density at radius 2 is 1.83 bits per heavy atom. The van der Waals surface area contributed by atoms with Crippen LogP contribution in [0.4, 0.5) is 18.6 Å². The van der Waals surface area contributed by atoms with E-state index in [4.69, 9.17) is 5.73 Å². The summed E-state index contributed by atoms with van der Waals surface area (Å²) in [5.41, 5.74) is 5.74. The summed E-state index contributed by atoms with van der Waals surface area (Å²) in [6.45, 7) is -1.02. The predicted molar refractivity (Wildman–Crippen MR) is 67.7 cm³/mol. The molecule has 0 bridgehead atoms. The van der Waals surface area contributed by atoms with Crippen LogP contribution in [0.2, 0.25) is 0 Å². The SMILES string of the molecule is Nc1cc(CN2CCNCC2)cc([B-](F)(F)F)c1. The van der Waals surface area contributed by atoms with Crippen molar-refractivity contribution in [3.8, 4) is 0 Å². The van der Waals surface area contributed by atoms with Crippen LogP contribution in [0.15, 0.2) is 18.2 Å². The standard InChI is InChI=1S/C11H16BF3N3/c13-12(14,15)10-5-9(6-11(16)7-10)8-18-3-1-17-2-4-18/h5-7,17H,1-4,8,16H2/q-1. The number of nitrogens with one attached hydrogen (secondary N) is 1. The molecule has 1 aliphatic rings. The summed E-state index contributed by atoms with van der Waals surface area (Å²) < 4.78 is 38.1. The Morgan fingerprint density at radius 1 is 1.17 bits per heavy atom. The zero-order valence-corrected chi connectivity index (χ0v) is 10.0. The number of nitrogens with zero attached hydrogens (tertiary/aromatic N) is 1. The van der Waals surface area contributed by atoms with E-state index in [1.807, 2.05) is 0 Å². The molecule has 0 aromatic heterocycles. The summed E-state index contributed by atoms with van der Waals surface area (Å²) in [4.78, 5) is 2.12. The second-order valence-corrected chi connectivity index (χ2v) is 4.61. The molecule has 100 valence electrons. The molecule has 2 rings (SSSR count). The average Bonchev–Trinajstić information content (AvgIpc) is 2.28. The number of benzene rings is 1. The Kier molecular flexibility index (Phi) is 3.82. The van der Waals surface area contributed by atoms with Crippen LogP contribution in [0, 0.1) is 0 Å². The van der Waals surface area contributed by atoms with Crippen molar-refractivity contribution in [1.29, 1.82) is 0 Å². The third-order valence-electron chi connectivity index (χ3n) is 3.03. The van der Waals surface area contributed by atoms with Gasteiger partial charge in [0.05, 0.1) is 0 Å². The number of anilines is 1. The molecule has 1 fully saturated rings. The molecular formula is C11H16BF3N3-. The molecule has 0 atom stereocenters. The maximum absolute atomic E-state index is 12.7. The first-order valence-electron chi connectivity index (χ1n) is 5.97. The van der Waals surface area contributed by atoms with Crippen molar-refractivity contribution < 1.29 is 12.9 Å². The average molecular weight is 258 g/mol. The molecule has 0 spiro atoms. The number of hydrogen-bond acceptors (Lipinski definition) is 3. The molecule has 7 heteroatoms. The fraction of sp³-hybridized carbons (Fsp3) is 0.455. The molecule has 18 heavy (non-hydrogen) atoms. The topological polar surface area (TPSA) is 41.3 Å². The van der Waals surface area contributed by atoms with Crippen LogP contribution in [-0.4, -0.2) is 38.1 Å². The van der Waals surface area contributed by atoms with E-state index in [9.17, 15) is 12.9 Å². The predicted octanol–water partition coefficient (Wildman–Crippen LogP) is 0.728. The van der Waals surface area contributed by atoms with Crippen molar-refractivity contribution in [3.63, 3.8) is 0 Å². The number of rotatable bonds is 3. The summed E-state index contributed by atoms with van der Waals surface area (Å²) in [6, 6.07) is 3.83. The smallest absolute Gasteiger partial charge is 0.445 e. The Morgan fingerprint density at radius 3 is 2.44 bits per heavy atom. The van der Waals surface area contributed by atoms with Gasteiger partial charge in [0, 0.05) is 38.4 Å². The lowest BCUT2D eigenvalue weighted by molar-refractivity contribution is 0.233. The lowest BCUT2D eigenvalue weighted by Gasteiger charge is -2.28. The van der Waals surface area contributed by atoms with Crippen molar-refractivity contribution in [1.82, 2.24) is 10.2 Å². The van der Waals surface area contributed by atoms with E-state index in [1.54, 1.807) is 6.07 Å². The number of nitrogen functional groups attached to an aromatic ring is 1. The van der Waals surface area contributed by atoms with Crippen LogP contribution in [0.3, 0.4) is 0 Å². The Balaban J connectivity index is 2.14. The van der Waals surface area contributed by atoms with Gasteiger partial charge in [-0.2, -0.15) is 0 Å². The van der Waals surface area contributed by atoms with Gasteiger partial charge in [0.1, 0.15) is 0 Å². The maximum atomic E-state index is 12.7. The number of hydrogen-bond donors (Lipinski definition) is 2. The fourth-order valence-corrected chi connectivity index (χ4v) is 2.15. The highest BCUT2D eigenvalue weighted by Gasteiger charge is 2.26. The molecular weight excluding hydrogens is 242 g/mol. The van der Waals surface area contributed by atoms with Gasteiger partial charge in [-0.05, 0) is 11.6 Å². The van der Waals surface area contributed by atoms with Crippen LogP contribution in [0.25, 0.3) is 0 Å². The van der Waals surface area contributed by atoms with Gasteiger partial charge in [-0.1, -0.05) is 12.1 Å². The van der Waals surface area contributed by atoms with E-state index in [-0.39, 0.29) is 5.69 Å². The maximum Gasteiger partial charge on any atom is 0.509 e. The first-order chi connectivity index (χ1) is 8.45. The normalized spacial score (nSPS) is 17.9. The van der Waals surface area contributed by atoms with Crippen molar-refractivity contribution in [2.75, 3.05) is 31.9 Å². The van der Waals surface area contributed by atoms with E-state index in [0.717, 1.165) is 32.2 Å². The van der Waals surface area contributed by atoms with Gasteiger partial charge in [0.25, 0.3) is 0 Å². The second kappa shape index (κ2) is 5.20. The molecule has 0 radical (unpaired) electrons. The van der Waals surface area contributed by atoms with E-state index in [2.05, 4.69) is 10.2 Å². The molecule has 1 aromatic carbocycles. The van der Waals surface area contributed by atoms with Crippen LogP contribution in [0.5, 0.6) is 0 Å². The van der Waals surface area contributed by atoms with Gasteiger partial charge in [-0.25, -0.2) is 0 Å². The summed E-state index contributed by atoms with van der Waals surface area (Å²) >= 11 is 0. The van der Waals surface area contributed by atoms with Crippen LogP contribution in [0.1, 0.15) is 5.56 Å². The van der Waals surface area contributed by atoms with E-state index in [1.165, 1.54) is 6.07 Å². The van der Waals surface area contributed by atoms with Gasteiger partial charge in [-0.15, -0.1) is 5.46 Å². The molecule has 1 aliphatic heterocycles. The Hall–Kier alpha value is -1.21. The number of halogens is 3. The minimum atomic E-state index is -4.98. The number of nitrogens with two attached hydrogens (primary N) is 1. The Bertz CT molecular complexity index is 416. The summed E-state index contributed by atoms with van der Waals surface area (Å²) in [7, 11) is 0. The van der Waals surface area contributed by atoms with Crippen molar-refractivity contribution in [3.05, 3.63) is 23.8 Å². The monoisotopic (exact) mass is 258 g/mol. The van der Waals surface area contributed by atoms with E-state index in [0.29, 0.717) is 12.1 Å². The summed E-state index contributed by atoms with van der Waals surface area (Å²) in [5.74, 6) is 0. The largest absolute Gasteiger partial charge is 0.509 e. The van der Waals surface area contributed by atoms with Gasteiger partial charge in [0.2, 0.25) is 0 Å². The fourth-order valence-electron chi connectivity index (χ4n) is 2.15. The molecule has 0 aliphatic carbocycles. The van der Waals surface area contributed by atoms with Gasteiger partial charge in [-0.3, -0.25) is 4.90 Å². The van der Waals surface area contributed by atoms with E-state index < -0.39 is 12.4 Å². The molecule has 3 nitrogen and oxygen atoms in total. The van der Waals surface area contributed by atoms with Gasteiger partial charge < -0.3 is 24.0 Å². The summed E-state index contributed by atoms with van der Waals surface area (Å²) in [6.07, 6.45) is 0. The minimum absolute atomic E-state index is 0.178. The van der Waals surface area contributed by atoms with Gasteiger partial charge >= 0.3 is 6.98 Å². The molecule has 1 saturated heterocycles. The Labute approximate surface area is 104 Å². The first kappa shape index (κ1) is 13.2. The summed E-state index contributed by atoms with van der Waals surface area (Å²) in [5, 5.41) is 3.20. The molecule has 1 heterocycles. The zero-order chi connectivity index (χ0) is 13.2. The second-order valence-electron chi connectivity index (χ2n) is 4.61. The van der Waals surface area contributed by atoms with Crippen LogP contribution in [-0.2, 0) is 6.54 Å². The van der Waals surface area contributed by atoms with Crippen molar-refractivity contribution >= 4 is 18.1 Å². The zero-order valence-electron chi connectivity index (χ0n) is 10.0. The quantitative estimate of drug-likeness (QED) is 0.620. The van der Waals surface area contributed by atoms with E-state index >= 15 is 0 Å². The molecule has 0 saturated carbocycles.